The first-order valence-corrected chi connectivity index (χ1v) is 8.24. The van der Waals surface area contributed by atoms with E-state index in [1.54, 1.807) is 11.3 Å². The third-order valence-electron chi connectivity index (χ3n) is 2.77. The second-order valence-electron chi connectivity index (χ2n) is 4.26. The predicted molar refractivity (Wildman–Crippen MR) is 85.1 cm³/mol. The van der Waals surface area contributed by atoms with E-state index in [1.807, 2.05) is 12.1 Å². The monoisotopic (exact) mass is 362 g/mol. The zero-order chi connectivity index (χ0) is 13.0. The molecule has 0 saturated carbocycles. The molecule has 0 spiro atoms. The van der Waals surface area contributed by atoms with Gasteiger partial charge >= 0.3 is 0 Å². The van der Waals surface area contributed by atoms with Gasteiger partial charge in [-0.05, 0) is 64.5 Å². The molecule has 1 aromatic carbocycles. The molecule has 2 aromatic rings. The summed E-state index contributed by atoms with van der Waals surface area (Å²) in [4.78, 5) is 1.38. The molecule has 96 valence electrons. The second-order valence-corrected chi connectivity index (χ2v) is 7.55. The number of hydrogen-bond acceptors (Lipinski definition) is 1. The van der Waals surface area contributed by atoms with Crippen LogP contribution in [0.4, 0.5) is 0 Å². The summed E-state index contributed by atoms with van der Waals surface area (Å²) in [6.45, 7) is 0. The van der Waals surface area contributed by atoms with Crippen molar-refractivity contribution >= 4 is 50.5 Å². The number of thiophene rings is 1. The molecule has 0 aliphatic rings. The average Bonchev–Trinajstić information content (AvgIpc) is 2.77. The molecule has 0 aliphatic carbocycles. The molecule has 0 saturated heterocycles. The SMILES string of the molecule is ClCC(Cc1ccc(Cl)cc1)Cc1ccc(Br)s1. The van der Waals surface area contributed by atoms with Crippen molar-refractivity contribution in [3.05, 3.63) is 55.6 Å². The molecule has 0 bridgehead atoms. The van der Waals surface area contributed by atoms with Gasteiger partial charge in [-0.15, -0.1) is 22.9 Å². The molecule has 1 heterocycles. The van der Waals surface area contributed by atoms with Crippen LogP contribution < -0.4 is 0 Å². The average molecular weight is 364 g/mol. The van der Waals surface area contributed by atoms with Crippen LogP contribution in [0.5, 0.6) is 0 Å². The molecule has 0 amide bonds. The van der Waals surface area contributed by atoms with Crippen LogP contribution in [0.25, 0.3) is 0 Å². The van der Waals surface area contributed by atoms with E-state index in [2.05, 4.69) is 40.2 Å². The smallest absolute Gasteiger partial charge is 0.0701 e. The van der Waals surface area contributed by atoms with Gasteiger partial charge in [-0.2, -0.15) is 0 Å². The third kappa shape index (κ3) is 4.27. The largest absolute Gasteiger partial charge is 0.133 e. The molecule has 0 N–H and O–H groups in total. The van der Waals surface area contributed by atoms with Crippen LogP contribution in [0, 0.1) is 5.92 Å². The standard InChI is InChI=1S/C14H13BrCl2S/c15-14-6-5-13(18-14)8-11(9-16)7-10-1-3-12(17)4-2-10/h1-6,11H,7-9H2. The van der Waals surface area contributed by atoms with Gasteiger partial charge in [-0.25, -0.2) is 0 Å². The molecule has 0 nitrogen and oxygen atoms in total. The van der Waals surface area contributed by atoms with E-state index >= 15 is 0 Å². The van der Waals surface area contributed by atoms with Gasteiger partial charge in [0.2, 0.25) is 0 Å². The molecular weight excluding hydrogens is 351 g/mol. The van der Waals surface area contributed by atoms with Gasteiger partial charge in [0.05, 0.1) is 3.79 Å². The van der Waals surface area contributed by atoms with Crippen molar-refractivity contribution in [1.29, 1.82) is 0 Å². The van der Waals surface area contributed by atoms with E-state index in [0.29, 0.717) is 11.8 Å². The third-order valence-corrected chi connectivity index (χ3v) is 5.11. The molecule has 1 atom stereocenters. The Bertz CT molecular complexity index is 493. The lowest BCUT2D eigenvalue weighted by atomic mass is 9.97. The van der Waals surface area contributed by atoms with Crippen molar-refractivity contribution in [2.24, 2.45) is 5.92 Å². The minimum atomic E-state index is 0.471. The van der Waals surface area contributed by atoms with E-state index in [9.17, 15) is 0 Å². The van der Waals surface area contributed by atoms with E-state index in [-0.39, 0.29) is 0 Å². The fraction of sp³-hybridized carbons (Fsp3) is 0.286. The van der Waals surface area contributed by atoms with Crippen LogP contribution in [-0.4, -0.2) is 5.88 Å². The Hall–Kier alpha value is -0.0200. The van der Waals surface area contributed by atoms with Gasteiger partial charge in [-0.1, -0.05) is 23.7 Å². The summed E-state index contributed by atoms with van der Waals surface area (Å²) in [6.07, 6.45) is 2.03. The number of halogens is 3. The van der Waals surface area contributed by atoms with Crippen molar-refractivity contribution in [1.82, 2.24) is 0 Å². The molecule has 2 rings (SSSR count). The van der Waals surface area contributed by atoms with Crippen LogP contribution in [-0.2, 0) is 12.8 Å². The molecular formula is C14H13BrCl2S. The lowest BCUT2D eigenvalue weighted by Crippen LogP contribution is -2.09. The van der Waals surface area contributed by atoms with Crippen molar-refractivity contribution in [3.63, 3.8) is 0 Å². The molecule has 0 fully saturated rings. The molecule has 18 heavy (non-hydrogen) atoms. The minimum absolute atomic E-state index is 0.471. The number of rotatable bonds is 5. The van der Waals surface area contributed by atoms with Gasteiger partial charge in [0.15, 0.2) is 0 Å². The van der Waals surface area contributed by atoms with Gasteiger partial charge in [0.25, 0.3) is 0 Å². The Morgan fingerprint density at radius 3 is 2.33 bits per heavy atom. The van der Waals surface area contributed by atoms with Crippen LogP contribution in [0.2, 0.25) is 5.02 Å². The van der Waals surface area contributed by atoms with Crippen LogP contribution >= 0.6 is 50.5 Å². The summed E-state index contributed by atoms with van der Waals surface area (Å²) in [5.74, 6) is 1.15. The van der Waals surface area contributed by atoms with E-state index in [1.165, 1.54) is 14.2 Å². The highest BCUT2D eigenvalue weighted by Crippen LogP contribution is 2.26. The van der Waals surface area contributed by atoms with Crippen molar-refractivity contribution in [2.75, 3.05) is 5.88 Å². The first kappa shape index (κ1) is 14.4. The summed E-state index contributed by atoms with van der Waals surface area (Å²) in [5.41, 5.74) is 1.29. The summed E-state index contributed by atoms with van der Waals surface area (Å²) in [6, 6.07) is 12.3. The maximum atomic E-state index is 6.07. The maximum absolute atomic E-state index is 6.07. The fourth-order valence-electron chi connectivity index (χ4n) is 1.88. The zero-order valence-corrected chi connectivity index (χ0v) is 13.6. The first-order chi connectivity index (χ1) is 8.67. The van der Waals surface area contributed by atoms with Crippen LogP contribution in [0.3, 0.4) is 0 Å². The van der Waals surface area contributed by atoms with Crippen LogP contribution in [0.15, 0.2) is 40.2 Å². The Kier molecular flexibility index (Phi) is 5.56. The lowest BCUT2D eigenvalue weighted by Gasteiger charge is -2.12. The predicted octanol–water partition coefficient (Wildman–Crippen LogP) is 5.80. The topological polar surface area (TPSA) is 0 Å². The minimum Gasteiger partial charge on any atom is -0.133 e. The van der Waals surface area contributed by atoms with Crippen molar-refractivity contribution in [3.8, 4) is 0 Å². The van der Waals surface area contributed by atoms with E-state index in [0.717, 1.165) is 17.9 Å². The molecule has 0 aliphatic heterocycles. The second kappa shape index (κ2) is 6.95. The van der Waals surface area contributed by atoms with Gasteiger partial charge in [0, 0.05) is 15.8 Å². The summed E-state index contributed by atoms with van der Waals surface area (Å²) >= 11 is 17.2. The molecule has 1 unspecified atom stereocenters. The Labute approximate surface area is 130 Å². The van der Waals surface area contributed by atoms with Crippen LogP contribution in [0.1, 0.15) is 10.4 Å². The maximum Gasteiger partial charge on any atom is 0.0701 e. The van der Waals surface area contributed by atoms with Gasteiger partial charge in [0.1, 0.15) is 0 Å². The van der Waals surface area contributed by atoms with Gasteiger partial charge < -0.3 is 0 Å². The molecule has 4 heteroatoms. The van der Waals surface area contributed by atoms with Crippen molar-refractivity contribution < 1.29 is 0 Å². The first-order valence-electron chi connectivity index (χ1n) is 5.72. The van der Waals surface area contributed by atoms with E-state index < -0.39 is 0 Å². The highest BCUT2D eigenvalue weighted by Gasteiger charge is 2.11. The Morgan fingerprint density at radius 2 is 1.78 bits per heavy atom. The Morgan fingerprint density at radius 1 is 1.06 bits per heavy atom. The summed E-state index contributed by atoms with van der Waals surface area (Å²) in [5, 5.41) is 0.781. The normalized spacial score (nSPS) is 12.6. The number of alkyl halides is 1. The zero-order valence-electron chi connectivity index (χ0n) is 9.70. The van der Waals surface area contributed by atoms with Gasteiger partial charge in [-0.3, -0.25) is 0 Å². The number of benzene rings is 1. The Balaban J connectivity index is 1.99. The highest BCUT2D eigenvalue weighted by atomic mass is 79.9. The number of hydrogen-bond donors (Lipinski definition) is 0. The molecule has 0 radical (unpaired) electrons. The summed E-state index contributed by atoms with van der Waals surface area (Å²) < 4.78 is 1.18. The van der Waals surface area contributed by atoms with Crippen molar-refractivity contribution in [2.45, 2.75) is 12.8 Å². The summed E-state index contributed by atoms with van der Waals surface area (Å²) in [7, 11) is 0. The molecule has 1 aromatic heterocycles. The highest BCUT2D eigenvalue weighted by molar-refractivity contribution is 9.11. The fourth-order valence-corrected chi connectivity index (χ4v) is 3.82. The van der Waals surface area contributed by atoms with E-state index in [4.69, 9.17) is 23.2 Å². The lowest BCUT2D eigenvalue weighted by molar-refractivity contribution is 0.589. The quantitative estimate of drug-likeness (QED) is 0.588.